The molecule has 0 bridgehead atoms. The van der Waals surface area contributed by atoms with Gasteiger partial charge in [-0.3, -0.25) is 4.57 Å². The maximum atomic E-state index is 11.8. The molecule has 1 aromatic carbocycles. The predicted molar refractivity (Wildman–Crippen MR) is 84.2 cm³/mol. The molecule has 1 unspecified atom stereocenters. The molecule has 1 fully saturated rings. The van der Waals surface area contributed by atoms with Crippen LogP contribution in [0.15, 0.2) is 33.0 Å². The summed E-state index contributed by atoms with van der Waals surface area (Å²) in [4.78, 5) is 12.7. The smallest absolute Gasteiger partial charge is 0.313 e. The number of hydrogen-bond donors (Lipinski definition) is 2. The largest absolute Gasteiger partial charge is 0.344 e. The summed E-state index contributed by atoms with van der Waals surface area (Å²) in [5.41, 5.74) is 0.991. The van der Waals surface area contributed by atoms with Gasteiger partial charge in [0.15, 0.2) is 5.16 Å². The van der Waals surface area contributed by atoms with Gasteiger partial charge >= 0.3 is 5.69 Å². The maximum Gasteiger partial charge on any atom is 0.344 e. The molecule has 112 valence electrons. The predicted octanol–water partition coefficient (Wildman–Crippen LogP) is 2.99. The molecule has 7 heteroatoms. The highest BCUT2D eigenvalue weighted by Crippen LogP contribution is 2.39. The van der Waals surface area contributed by atoms with E-state index in [1.54, 1.807) is 4.57 Å². The zero-order valence-electron chi connectivity index (χ0n) is 11.9. The van der Waals surface area contributed by atoms with Crippen LogP contribution in [0.25, 0.3) is 0 Å². The van der Waals surface area contributed by atoms with E-state index in [4.69, 9.17) is 11.6 Å². The molecule has 1 aliphatic rings. The SMILES string of the molecule is CNC(C)c1ccc(Sc2n[nH]c(=O)n2C2CC2)c(Cl)c1. The van der Waals surface area contributed by atoms with E-state index in [2.05, 4.69) is 22.4 Å². The highest BCUT2D eigenvalue weighted by atomic mass is 35.5. The lowest BCUT2D eigenvalue weighted by Crippen LogP contribution is -2.16. The van der Waals surface area contributed by atoms with E-state index in [-0.39, 0.29) is 11.7 Å². The van der Waals surface area contributed by atoms with Crippen molar-refractivity contribution in [2.24, 2.45) is 0 Å². The van der Waals surface area contributed by atoms with Gasteiger partial charge in [0.05, 0.1) is 5.02 Å². The van der Waals surface area contributed by atoms with Crippen LogP contribution in [0.2, 0.25) is 5.02 Å². The summed E-state index contributed by atoms with van der Waals surface area (Å²) in [6.45, 7) is 2.08. The van der Waals surface area contributed by atoms with Crippen molar-refractivity contribution in [2.75, 3.05) is 7.05 Å². The highest BCUT2D eigenvalue weighted by Gasteiger charge is 2.29. The summed E-state index contributed by atoms with van der Waals surface area (Å²) in [7, 11) is 1.92. The van der Waals surface area contributed by atoms with Gasteiger partial charge in [0.1, 0.15) is 0 Å². The molecule has 1 atom stereocenters. The van der Waals surface area contributed by atoms with Crippen LogP contribution >= 0.6 is 23.4 Å². The van der Waals surface area contributed by atoms with E-state index in [9.17, 15) is 4.79 Å². The van der Waals surface area contributed by atoms with Crippen LogP contribution < -0.4 is 11.0 Å². The average Bonchev–Trinajstić information content (AvgIpc) is 3.24. The highest BCUT2D eigenvalue weighted by molar-refractivity contribution is 7.99. The van der Waals surface area contributed by atoms with Crippen molar-refractivity contribution < 1.29 is 0 Å². The zero-order chi connectivity index (χ0) is 15.0. The molecule has 1 heterocycles. The van der Waals surface area contributed by atoms with Crippen molar-refractivity contribution in [1.82, 2.24) is 20.1 Å². The Labute approximate surface area is 132 Å². The number of halogens is 1. The molecule has 1 aliphatic carbocycles. The summed E-state index contributed by atoms with van der Waals surface area (Å²) in [5.74, 6) is 0. The first-order valence-corrected chi connectivity index (χ1v) is 8.11. The lowest BCUT2D eigenvalue weighted by molar-refractivity contribution is 0.642. The van der Waals surface area contributed by atoms with Crippen molar-refractivity contribution in [3.05, 3.63) is 39.3 Å². The van der Waals surface area contributed by atoms with Crippen LogP contribution in [0.4, 0.5) is 0 Å². The minimum Gasteiger partial charge on any atom is -0.313 e. The monoisotopic (exact) mass is 324 g/mol. The second-order valence-electron chi connectivity index (χ2n) is 5.21. The summed E-state index contributed by atoms with van der Waals surface area (Å²) >= 11 is 7.79. The molecule has 0 amide bonds. The number of benzene rings is 1. The Hall–Kier alpha value is -1.24. The van der Waals surface area contributed by atoms with Crippen LogP contribution in [0.5, 0.6) is 0 Å². The lowest BCUT2D eigenvalue weighted by Gasteiger charge is -2.12. The van der Waals surface area contributed by atoms with Crippen LogP contribution in [0, 0.1) is 0 Å². The Morgan fingerprint density at radius 2 is 2.29 bits per heavy atom. The van der Waals surface area contributed by atoms with Crippen molar-refractivity contribution in [1.29, 1.82) is 0 Å². The van der Waals surface area contributed by atoms with E-state index >= 15 is 0 Å². The summed E-state index contributed by atoms with van der Waals surface area (Å²) < 4.78 is 1.73. The van der Waals surface area contributed by atoms with Gasteiger partial charge in [-0.15, -0.1) is 5.10 Å². The molecule has 21 heavy (non-hydrogen) atoms. The molecule has 1 aromatic heterocycles. The topological polar surface area (TPSA) is 62.7 Å². The molecule has 2 aromatic rings. The number of nitrogens with one attached hydrogen (secondary N) is 2. The lowest BCUT2D eigenvalue weighted by atomic mass is 10.1. The van der Waals surface area contributed by atoms with Gasteiger partial charge in [0, 0.05) is 17.0 Å². The fourth-order valence-corrected chi connectivity index (χ4v) is 3.37. The summed E-state index contributed by atoms with van der Waals surface area (Å²) in [6, 6.07) is 6.52. The number of H-pyrrole nitrogens is 1. The van der Waals surface area contributed by atoms with E-state index in [0.29, 0.717) is 16.2 Å². The number of aromatic nitrogens is 3. The molecule has 3 rings (SSSR count). The third-order valence-corrected chi connectivity index (χ3v) is 5.15. The molecule has 0 saturated heterocycles. The van der Waals surface area contributed by atoms with E-state index in [1.165, 1.54) is 11.8 Å². The first-order valence-electron chi connectivity index (χ1n) is 6.91. The first-order chi connectivity index (χ1) is 10.1. The van der Waals surface area contributed by atoms with Gasteiger partial charge < -0.3 is 5.32 Å². The van der Waals surface area contributed by atoms with Crippen molar-refractivity contribution >= 4 is 23.4 Å². The van der Waals surface area contributed by atoms with Crippen LogP contribution in [-0.2, 0) is 0 Å². The molecular formula is C14H17ClN4OS. The van der Waals surface area contributed by atoms with Crippen LogP contribution in [-0.4, -0.2) is 21.8 Å². The van der Waals surface area contributed by atoms with Gasteiger partial charge in [-0.05, 0) is 56.3 Å². The number of aromatic amines is 1. The van der Waals surface area contributed by atoms with Gasteiger partial charge in [-0.1, -0.05) is 17.7 Å². The maximum absolute atomic E-state index is 11.8. The average molecular weight is 325 g/mol. The molecule has 1 saturated carbocycles. The molecular weight excluding hydrogens is 308 g/mol. The summed E-state index contributed by atoms with van der Waals surface area (Å²) in [5, 5.41) is 11.2. The third-order valence-electron chi connectivity index (χ3n) is 3.67. The molecule has 0 aliphatic heterocycles. The second kappa shape index (κ2) is 5.87. The van der Waals surface area contributed by atoms with Gasteiger partial charge in [0.25, 0.3) is 0 Å². The Bertz CT molecular complexity index is 707. The quantitative estimate of drug-likeness (QED) is 0.887. The second-order valence-corrected chi connectivity index (χ2v) is 6.63. The molecule has 2 N–H and O–H groups in total. The van der Waals surface area contributed by atoms with Gasteiger partial charge in [-0.25, -0.2) is 9.89 Å². The van der Waals surface area contributed by atoms with E-state index in [1.807, 2.05) is 25.2 Å². The minimum absolute atomic E-state index is 0.142. The van der Waals surface area contributed by atoms with Crippen molar-refractivity contribution in [3.63, 3.8) is 0 Å². The zero-order valence-corrected chi connectivity index (χ0v) is 13.5. The molecule has 5 nitrogen and oxygen atoms in total. The Balaban J connectivity index is 1.87. The van der Waals surface area contributed by atoms with E-state index in [0.717, 1.165) is 23.3 Å². The third kappa shape index (κ3) is 3.02. The minimum atomic E-state index is -0.142. The fourth-order valence-electron chi connectivity index (χ4n) is 2.15. The van der Waals surface area contributed by atoms with Gasteiger partial charge in [0.2, 0.25) is 0 Å². The molecule has 0 radical (unpaired) electrons. The van der Waals surface area contributed by atoms with Gasteiger partial charge in [-0.2, -0.15) is 0 Å². The Morgan fingerprint density at radius 3 is 2.90 bits per heavy atom. The summed E-state index contributed by atoms with van der Waals surface area (Å²) in [6.07, 6.45) is 2.08. The van der Waals surface area contributed by atoms with Crippen LogP contribution in [0.3, 0.4) is 0 Å². The number of rotatable bonds is 5. The van der Waals surface area contributed by atoms with Crippen molar-refractivity contribution in [3.8, 4) is 0 Å². The first kappa shape index (κ1) is 14.7. The Kier molecular flexibility index (Phi) is 4.10. The number of nitrogens with zero attached hydrogens (tertiary/aromatic N) is 2. The Morgan fingerprint density at radius 1 is 1.52 bits per heavy atom. The number of hydrogen-bond acceptors (Lipinski definition) is 4. The van der Waals surface area contributed by atoms with Crippen LogP contribution in [0.1, 0.15) is 37.4 Å². The van der Waals surface area contributed by atoms with E-state index < -0.39 is 0 Å². The standard InChI is InChI=1S/C14H17ClN4OS/c1-8(16-2)9-3-6-12(11(15)7-9)21-14-18-17-13(20)19(14)10-4-5-10/h3,6-8,10,16H,4-5H2,1-2H3,(H,17,20). The fraction of sp³-hybridized carbons (Fsp3) is 0.429. The van der Waals surface area contributed by atoms with Crippen molar-refractivity contribution in [2.45, 2.75) is 41.9 Å². The normalized spacial score (nSPS) is 16.1. The molecule has 0 spiro atoms.